The molecule has 1 heterocycles. The van der Waals surface area contributed by atoms with Crippen molar-refractivity contribution >= 4 is 28.5 Å². The third-order valence-electron chi connectivity index (χ3n) is 2.77. The number of nitrogen functional groups attached to an aromatic ring is 1. The van der Waals surface area contributed by atoms with Crippen LogP contribution in [0, 0.1) is 0 Å². The van der Waals surface area contributed by atoms with E-state index in [1.54, 1.807) is 0 Å². The van der Waals surface area contributed by atoms with E-state index >= 15 is 0 Å². The Bertz CT molecular complexity index is 521. The molecule has 5 heteroatoms. The first-order chi connectivity index (χ1) is 8.00. The number of anilines is 1. The van der Waals surface area contributed by atoms with Crippen molar-refractivity contribution in [2.75, 3.05) is 11.5 Å². The molecule has 4 nitrogen and oxygen atoms in total. The fourth-order valence-electron chi connectivity index (χ4n) is 1.40. The first kappa shape index (κ1) is 12.3. The Labute approximate surface area is 105 Å². The lowest BCUT2D eigenvalue weighted by Gasteiger charge is -2.19. The second-order valence-electron chi connectivity index (χ2n) is 4.46. The van der Waals surface area contributed by atoms with E-state index in [0.29, 0.717) is 5.75 Å². The number of thioether (sulfide) groups is 1. The van der Waals surface area contributed by atoms with Gasteiger partial charge in [0.15, 0.2) is 5.16 Å². The summed E-state index contributed by atoms with van der Waals surface area (Å²) in [7, 11) is 0. The first-order valence-electron chi connectivity index (χ1n) is 5.60. The van der Waals surface area contributed by atoms with Crippen molar-refractivity contribution in [3.63, 3.8) is 0 Å². The molecule has 0 saturated heterocycles. The Kier molecular flexibility index (Phi) is 3.31. The van der Waals surface area contributed by atoms with Crippen molar-refractivity contribution in [2.45, 2.75) is 31.0 Å². The van der Waals surface area contributed by atoms with Crippen LogP contribution in [0.15, 0.2) is 23.4 Å². The maximum atomic E-state index is 9.92. The molecule has 92 valence electrons. The number of hydrogen-bond donors (Lipinski definition) is 3. The molecule has 2 aromatic rings. The molecule has 0 spiro atoms. The average Bonchev–Trinajstić information content (AvgIpc) is 2.68. The third-order valence-corrected chi connectivity index (χ3v) is 4.00. The molecule has 0 aliphatic rings. The maximum absolute atomic E-state index is 9.92. The molecule has 1 aromatic heterocycles. The van der Waals surface area contributed by atoms with E-state index in [4.69, 9.17) is 5.73 Å². The van der Waals surface area contributed by atoms with Crippen LogP contribution in [-0.2, 0) is 0 Å². The Morgan fingerprint density at radius 3 is 3.00 bits per heavy atom. The van der Waals surface area contributed by atoms with Gasteiger partial charge in [-0.1, -0.05) is 18.7 Å². The minimum absolute atomic E-state index is 0.624. The van der Waals surface area contributed by atoms with Gasteiger partial charge in [-0.05, 0) is 31.5 Å². The average molecular weight is 251 g/mol. The number of benzene rings is 1. The maximum Gasteiger partial charge on any atom is 0.166 e. The van der Waals surface area contributed by atoms with Gasteiger partial charge in [0.25, 0.3) is 0 Å². The zero-order chi connectivity index (χ0) is 12.5. The highest BCUT2D eigenvalue weighted by Gasteiger charge is 2.18. The van der Waals surface area contributed by atoms with Crippen molar-refractivity contribution in [1.29, 1.82) is 0 Å². The summed E-state index contributed by atoms with van der Waals surface area (Å²) in [4.78, 5) is 7.63. The topological polar surface area (TPSA) is 74.9 Å². The smallest absolute Gasteiger partial charge is 0.166 e. The highest BCUT2D eigenvalue weighted by Crippen LogP contribution is 2.25. The zero-order valence-electron chi connectivity index (χ0n) is 10.0. The van der Waals surface area contributed by atoms with Gasteiger partial charge < -0.3 is 15.8 Å². The monoisotopic (exact) mass is 251 g/mol. The molecule has 0 radical (unpaired) electrons. The molecular weight excluding hydrogens is 234 g/mol. The Morgan fingerprint density at radius 1 is 1.53 bits per heavy atom. The second kappa shape index (κ2) is 4.58. The number of fused-ring (bicyclic) bond motifs is 1. The van der Waals surface area contributed by atoms with E-state index in [1.807, 2.05) is 32.0 Å². The summed E-state index contributed by atoms with van der Waals surface area (Å²) in [6.45, 7) is 3.81. The normalized spacial score (nSPS) is 15.0. The fourth-order valence-corrected chi connectivity index (χ4v) is 2.39. The lowest BCUT2D eigenvalue weighted by atomic mass is 10.1. The number of nitrogens with two attached hydrogens (primary N) is 1. The molecule has 2 rings (SSSR count). The van der Waals surface area contributed by atoms with Crippen molar-refractivity contribution in [2.24, 2.45) is 0 Å². The molecule has 0 aliphatic carbocycles. The van der Waals surface area contributed by atoms with Crippen molar-refractivity contribution < 1.29 is 5.11 Å². The molecule has 1 unspecified atom stereocenters. The summed E-state index contributed by atoms with van der Waals surface area (Å²) in [5.41, 5.74) is 7.61. The van der Waals surface area contributed by atoms with Crippen molar-refractivity contribution in [3.8, 4) is 0 Å². The number of hydrogen-bond acceptors (Lipinski definition) is 4. The van der Waals surface area contributed by atoms with Crippen LogP contribution in [0.25, 0.3) is 11.0 Å². The van der Waals surface area contributed by atoms with E-state index in [-0.39, 0.29) is 0 Å². The molecule has 0 amide bonds. The number of aromatic nitrogens is 2. The number of nitrogens with one attached hydrogen (secondary N) is 1. The quantitative estimate of drug-likeness (QED) is 0.576. The molecule has 1 atom stereocenters. The van der Waals surface area contributed by atoms with Gasteiger partial charge in [-0.3, -0.25) is 0 Å². The first-order valence-corrected chi connectivity index (χ1v) is 6.59. The van der Waals surface area contributed by atoms with E-state index in [0.717, 1.165) is 28.3 Å². The largest absolute Gasteiger partial charge is 0.399 e. The van der Waals surface area contributed by atoms with Crippen LogP contribution >= 0.6 is 11.8 Å². The lowest BCUT2D eigenvalue weighted by Crippen LogP contribution is -2.25. The third kappa shape index (κ3) is 2.92. The van der Waals surface area contributed by atoms with Crippen LogP contribution in [-0.4, -0.2) is 26.4 Å². The highest BCUT2D eigenvalue weighted by molar-refractivity contribution is 7.99. The van der Waals surface area contributed by atoms with Gasteiger partial charge in [-0.2, -0.15) is 0 Å². The van der Waals surface area contributed by atoms with Gasteiger partial charge in [0, 0.05) is 11.4 Å². The van der Waals surface area contributed by atoms with Gasteiger partial charge in [0.05, 0.1) is 16.6 Å². The van der Waals surface area contributed by atoms with Gasteiger partial charge in [0.1, 0.15) is 0 Å². The minimum Gasteiger partial charge on any atom is -0.399 e. The summed E-state index contributed by atoms with van der Waals surface area (Å²) < 4.78 is 0. The van der Waals surface area contributed by atoms with Gasteiger partial charge in [-0.25, -0.2) is 4.98 Å². The summed E-state index contributed by atoms with van der Waals surface area (Å²) in [6.07, 6.45) is 0.729. The predicted octanol–water partition coefficient (Wildman–Crippen LogP) is 2.40. The number of rotatable bonds is 4. The molecule has 0 aliphatic heterocycles. The van der Waals surface area contributed by atoms with E-state index in [1.165, 1.54) is 11.8 Å². The van der Waals surface area contributed by atoms with Gasteiger partial charge in [-0.15, -0.1) is 0 Å². The SMILES string of the molecule is CCC(C)(O)CSc1nc2ccc(N)cc2[nH]1. The predicted molar refractivity (Wildman–Crippen MR) is 72.1 cm³/mol. The van der Waals surface area contributed by atoms with E-state index in [2.05, 4.69) is 9.97 Å². The van der Waals surface area contributed by atoms with Crippen LogP contribution in [0.5, 0.6) is 0 Å². The Balaban J connectivity index is 2.15. The van der Waals surface area contributed by atoms with Crippen LogP contribution in [0.2, 0.25) is 0 Å². The Hall–Kier alpha value is -1.20. The summed E-state index contributed by atoms with van der Waals surface area (Å²) >= 11 is 1.53. The number of aliphatic hydroxyl groups is 1. The van der Waals surface area contributed by atoms with Crippen LogP contribution < -0.4 is 5.73 Å². The van der Waals surface area contributed by atoms with Crippen LogP contribution in [0.3, 0.4) is 0 Å². The molecule has 17 heavy (non-hydrogen) atoms. The minimum atomic E-state index is -0.650. The van der Waals surface area contributed by atoms with E-state index < -0.39 is 5.60 Å². The van der Waals surface area contributed by atoms with Gasteiger partial charge >= 0.3 is 0 Å². The van der Waals surface area contributed by atoms with Crippen molar-refractivity contribution in [1.82, 2.24) is 9.97 Å². The summed E-state index contributed by atoms with van der Waals surface area (Å²) in [5, 5.41) is 10.7. The van der Waals surface area contributed by atoms with E-state index in [9.17, 15) is 5.11 Å². The van der Waals surface area contributed by atoms with Gasteiger partial charge in [0.2, 0.25) is 0 Å². The number of aromatic amines is 1. The molecule has 0 fully saturated rings. The molecule has 0 bridgehead atoms. The number of nitrogens with zero attached hydrogens (tertiary/aromatic N) is 1. The molecule has 1 aromatic carbocycles. The fraction of sp³-hybridized carbons (Fsp3) is 0.417. The van der Waals surface area contributed by atoms with Crippen LogP contribution in [0.4, 0.5) is 5.69 Å². The standard InChI is InChI=1S/C12H17N3OS/c1-3-12(2,16)7-17-11-14-9-5-4-8(13)6-10(9)15-11/h4-6,16H,3,7,13H2,1-2H3,(H,14,15). The molecule has 4 N–H and O–H groups in total. The zero-order valence-corrected chi connectivity index (χ0v) is 10.8. The lowest BCUT2D eigenvalue weighted by molar-refractivity contribution is 0.0815. The summed E-state index contributed by atoms with van der Waals surface area (Å²) in [6, 6.07) is 5.59. The molecule has 0 saturated carbocycles. The van der Waals surface area contributed by atoms with Crippen molar-refractivity contribution in [3.05, 3.63) is 18.2 Å². The van der Waals surface area contributed by atoms with Crippen LogP contribution in [0.1, 0.15) is 20.3 Å². The Morgan fingerprint density at radius 2 is 2.29 bits per heavy atom. The number of H-pyrrole nitrogens is 1. The summed E-state index contributed by atoms with van der Waals surface area (Å²) in [5.74, 6) is 0.624. The highest BCUT2D eigenvalue weighted by atomic mass is 32.2. The molecular formula is C12H17N3OS. The number of imidazole rings is 1. The second-order valence-corrected chi connectivity index (χ2v) is 5.42.